The van der Waals surface area contributed by atoms with E-state index in [9.17, 15) is 4.79 Å². The second-order valence-corrected chi connectivity index (χ2v) is 5.46. The number of carbonyl (C=O) groups is 1. The van der Waals surface area contributed by atoms with Crippen LogP contribution in [-0.4, -0.2) is 46.3 Å². The number of nitrogens with zero attached hydrogens (tertiary/aromatic N) is 3. The van der Waals surface area contributed by atoms with Crippen LogP contribution in [0.15, 0.2) is 6.33 Å². The third kappa shape index (κ3) is 2.28. The molecule has 3 rings (SSSR count). The third-order valence-corrected chi connectivity index (χ3v) is 3.75. The molecule has 1 saturated heterocycles. The van der Waals surface area contributed by atoms with E-state index in [1.165, 1.54) is 5.56 Å². The summed E-state index contributed by atoms with van der Waals surface area (Å²) in [6.07, 6.45) is 4.83. The van der Waals surface area contributed by atoms with Gasteiger partial charge in [-0.2, -0.15) is 0 Å². The molecule has 2 aliphatic rings. The Kier molecular flexibility index (Phi) is 2.89. The molecule has 2 heterocycles. The standard InChI is InChI=1S/C13H17N3O3/c1-13(19-5-11(17)18)6-16(7-13)12-9-3-2-4-10(9)14-8-15-12/h8H,2-7H2,1H3,(H,17,18). The van der Waals surface area contributed by atoms with Crippen LogP contribution in [-0.2, 0) is 22.4 Å². The van der Waals surface area contributed by atoms with Gasteiger partial charge in [0.15, 0.2) is 0 Å². The topological polar surface area (TPSA) is 75.6 Å². The van der Waals surface area contributed by atoms with Crippen molar-refractivity contribution in [2.75, 3.05) is 24.6 Å². The van der Waals surface area contributed by atoms with Gasteiger partial charge in [-0.15, -0.1) is 0 Å². The molecule has 19 heavy (non-hydrogen) atoms. The fraction of sp³-hybridized carbons (Fsp3) is 0.615. The summed E-state index contributed by atoms with van der Waals surface area (Å²) in [6, 6.07) is 0. The van der Waals surface area contributed by atoms with Crippen LogP contribution in [0.5, 0.6) is 0 Å². The number of hydrogen-bond donors (Lipinski definition) is 1. The normalized spacial score (nSPS) is 19.9. The van der Waals surface area contributed by atoms with E-state index in [-0.39, 0.29) is 12.2 Å². The molecule has 0 aromatic carbocycles. The average Bonchev–Trinajstić information content (AvgIpc) is 2.81. The first-order valence-corrected chi connectivity index (χ1v) is 6.51. The van der Waals surface area contributed by atoms with Gasteiger partial charge >= 0.3 is 5.97 Å². The van der Waals surface area contributed by atoms with Gasteiger partial charge in [-0.05, 0) is 26.2 Å². The van der Waals surface area contributed by atoms with E-state index in [1.807, 2.05) is 6.92 Å². The van der Waals surface area contributed by atoms with Crippen LogP contribution in [0.2, 0.25) is 0 Å². The molecule has 6 nitrogen and oxygen atoms in total. The molecule has 0 radical (unpaired) electrons. The summed E-state index contributed by atoms with van der Waals surface area (Å²) in [4.78, 5) is 21.4. The summed E-state index contributed by atoms with van der Waals surface area (Å²) >= 11 is 0. The quantitative estimate of drug-likeness (QED) is 0.859. The Morgan fingerprint density at radius 3 is 3.00 bits per heavy atom. The van der Waals surface area contributed by atoms with Crippen molar-refractivity contribution in [2.24, 2.45) is 0 Å². The number of aromatic nitrogens is 2. The van der Waals surface area contributed by atoms with E-state index in [0.29, 0.717) is 13.1 Å². The Balaban J connectivity index is 1.68. The molecular weight excluding hydrogens is 246 g/mol. The van der Waals surface area contributed by atoms with Crippen LogP contribution >= 0.6 is 0 Å². The van der Waals surface area contributed by atoms with Crippen LogP contribution < -0.4 is 4.90 Å². The zero-order valence-corrected chi connectivity index (χ0v) is 10.9. The Morgan fingerprint density at radius 1 is 1.47 bits per heavy atom. The second kappa shape index (κ2) is 4.45. The monoisotopic (exact) mass is 263 g/mol. The lowest BCUT2D eigenvalue weighted by atomic mass is 9.95. The zero-order chi connectivity index (χ0) is 13.5. The Labute approximate surface area is 111 Å². The molecule has 0 bridgehead atoms. The number of ether oxygens (including phenoxy) is 1. The summed E-state index contributed by atoms with van der Waals surface area (Å²) < 4.78 is 5.41. The maximum atomic E-state index is 10.5. The first-order valence-electron chi connectivity index (χ1n) is 6.51. The van der Waals surface area contributed by atoms with Crippen molar-refractivity contribution >= 4 is 11.8 Å². The molecule has 102 valence electrons. The molecule has 1 aromatic heterocycles. The fourth-order valence-electron chi connectivity index (χ4n) is 2.85. The first kappa shape index (κ1) is 12.3. The minimum Gasteiger partial charge on any atom is -0.480 e. The summed E-state index contributed by atoms with van der Waals surface area (Å²) in [6.45, 7) is 3.06. The number of aryl methyl sites for hydroxylation is 1. The fourth-order valence-corrected chi connectivity index (χ4v) is 2.85. The van der Waals surface area contributed by atoms with Crippen LogP contribution in [0.1, 0.15) is 24.6 Å². The van der Waals surface area contributed by atoms with Gasteiger partial charge in [0.1, 0.15) is 24.4 Å². The van der Waals surface area contributed by atoms with Crippen molar-refractivity contribution in [3.63, 3.8) is 0 Å². The van der Waals surface area contributed by atoms with Gasteiger partial charge in [-0.25, -0.2) is 14.8 Å². The van der Waals surface area contributed by atoms with Crippen LogP contribution in [0.4, 0.5) is 5.82 Å². The lowest BCUT2D eigenvalue weighted by Gasteiger charge is -2.48. The van der Waals surface area contributed by atoms with E-state index in [1.54, 1.807) is 6.33 Å². The van der Waals surface area contributed by atoms with Crippen molar-refractivity contribution in [2.45, 2.75) is 31.8 Å². The van der Waals surface area contributed by atoms with Gasteiger partial charge in [0.05, 0.1) is 13.1 Å². The summed E-state index contributed by atoms with van der Waals surface area (Å²) in [5, 5.41) is 8.65. The minimum absolute atomic E-state index is 0.244. The van der Waals surface area contributed by atoms with Gasteiger partial charge in [0.2, 0.25) is 0 Å². The second-order valence-electron chi connectivity index (χ2n) is 5.46. The predicted molar refractivity (Wildman–Crippen MR) is 68.3 cm³/mol. The molecule has 0 spiro atoms. The molecule has 0 atom stereocenters. The molecular formula is C13H17N3O3. The van der Waals surface area contributed by atoms with E-state index >= 15 is 0 Å². The molecule has 6 heteroatoms. The number of aliphatic carboxylic acids is 1. The maximum absolute atomic E-state index is 10.5. The summed E-state index contributed by atoms with van der Waals surface area (Å²) in [5.41, 5.74) is 2.03. The van der Waals surface area contributed by atoms with Crippen LogP contribution in [0.3, 0.4) is 0 Å². The molecule has 1 fully saturated rings. The van der Waals surface area contributed by atoms with E-state index < -0.39 is 5.97 Å². The molecule has 1 aliphatic heterocycles. The number of hydrogen-bond acceptors (Lipinski definition) is 5. The molecule has 1 N–H and O–H groups in total. The van der Waals surface area contributed by atoms with Gasteiger partial charge in [0.25, 0.3) is 0 Å². The Bertz CT molecular complexity index is 512. The highest BCUT2D eigenvalue weighted by molar-refractivity contribution is 5.68. The molecule has 1 aliphatic carbocycles. The third-order valence-electron chi connectivity index (χ3n) is 3.75. The first-order chi connectivity index (χ1) is 9.07. The van der Waals surface area contributed by atoms with Gasteiger partial charge < -0.3 is 14.7 Å². The lowest BCUT2D eigenvalue weighted by Crippen LogP contribution is -2.62. The largest absolute Gasteiger partial charge is 0.480 e. The van der Waals surface area contributed by atoms with Crippen molar-refractivity contribution in [1.29, 1.82) is 0 Å². The molecule has 1 aromatic rings. The number of fused-ring (bicyclic) bond motifs is 1. The smallest absolute Gasteiger partial charge is 0.329 e. The maximum Gasteiger partial charge on any atom is 0.329 e. The van der Waals surface area contributed by atoms with Crippen LogP contribution in [0, 0.1) is 0 Å². The zero-order valence-electron chi connectivity index (χ0n) is 10.9. The summed E-state index contributed by atoms with van der Waals surface area (Å²) in [7, 11) is 0. The van der Waals surface area contributed by atoms with Crippen LogP contribution in [0.25, 0.3) is 0 Å². The van der Waals surface area contributed by atoms with Crippen molar-refractivity contribution in [3.05, 3.63) is 17.6 Å². The van der Waals surface area contributed by atoms with Gasteiger partial charge in [-0.3, -0.25) is 0 Å². The van der Waals surface area contributed by atoms with Gasteiger partial charge in [0, 0.05) is 11.3 Å². The SMILES string of the molecule is CC1(OCC(=O)O)CN(c2ncnc3c2CCC3)C1. The van der Waals surface area contributed by atoms with E-state index in [2.05, 4.69) is 14.9 Å². The number of carboxylic acids is 1. The number of anilines is 1. The van der Waals surface area contributed by atoms with E-state index in [0.717, 1.165) is 30.8 Å². The number of rotatable bonds is 4. The van der Waals surface area contributed by atoms with Crippen molar-refractivity contribution in [3.8, 4) is 0 Å². The Hall–Kier alpha value is -1.69. The summed E-state index contributed by atoms with van der Waals surface area (Å²) in [5.74, 6) is 0.0708. The molecule has 0 unspecified atom stereocenters. The minimum atomic E-state index is -0.928. The highest BCUT2D eigenvalue weighted by Gasteiger charge is 2.42. The molecule has 0 saturated carbocycles. The van der Waals surface area contributed by atoms with Crippen molar-refractivity contribution < 1.29 is 14.6 Å². The average molecular weight is 263 g/mol. The van der Waals surface area contributed by atoms with E-state index in [4.69, 9.17) is 9.84 Å². The molecule has 0 amide bonds. The lowest BCUT2D eigenvalue weighted by molar-refractivity contribution is -0.150. The van der Waals surface area contributed by atoms with Crippen molar-refractivity contribution in [1.82, 2.24) is 9.97 Å². The Morgan fingerprint density at radius 2 is 2.26 bits per heavy atom. The highest BCUT2D eigenvalue weighted by atomic mass is 16.5. The predicted octanol–water partition coefficient (Wildman–Crippen LogP) is 0.645. The highest BCUT2D eigenvalue weighted by Crippen LogP contribution is 2.34. The number of carboxylic acid groups (broad SMARTS) is 1. The van der Waals surface area contributed by atoms with Gasteiger partial charge in [-0.1, -0.05) is 0 Å².